The van der Waals surface area contributed by atoms with Gasteiger partial charge in [0.05, 0.1) is 11.7 Å². The number of nitrogens with one attached hydrogen (secondary N) is 7. The SMILES string of the molecule is CC[C@H](C)[C@H](NC(=O)[C@H](CCCNC(=O)OC(C)(C)C)NC(=O)[C@H]1CCCN1C(=O)[C@H](NC(=O)[C@@H](NC(=O)[C@@H](NC(=O)[C@H](NC(=O)CCCC(C)C)C(C)C)[C@@H](C)OC(C)(C)C)C(C)C)C(C)C)C(=O)O. The molecule has 0 radical (unpaired) electrons. The standard InChI is InChI=1S/C51H92N8O12/c1-18-32(10)40(48(67)68)57-42(61)34(23-20-26-52-49(69)71-51(15,16)17)53-43(62)35-24-21-27-59(35)47(66)39(31(8)9)56-45(64)38(30(6)7)55-46(65)41(33(11)70-50(12,13)14)58-44(63)37(29(4)5)54-36(60)25-19-22-28(2)3/h28-35,37-41H,18-27H2,1-17H3,(H,52,69)(H,53,62)(H,54,60)(H,55,65)(H,56,64)(H,57,61)(H,58,63)(H,67,68)/t32-,33+,34-,35+,37+,38-,39+,40-,41-/m0/s1. The lowest BCUT2D eigenvalue weighted by atomic mass is 9.98. The minimum atomic E-state index is -1.31. The van der Waals surface area contributed by atoms with Crippen molar-refractivity contribution in [3.8, 4) is 0 Å². The average molecular weight is 1010 g/mol. The summed E-state index contributed by atoms with van der Waals surface area (Å²) in [6, 6.07) is -8.15. The van der Waals surface area contributed by atoms with Crippen molar-refractivity contribution in [3.63, 3.8) is 0 Å². The van der Waals surface area contributed by atoms with Gasteiger partial charge in [0.1, 0.15) is 47.9 Å². The molecule has 0 spiro atoms. The minimum Gasteiger partial charge on any atom is -0.480 e. The Hall–Kier alpha value is -5.01. The summed E-state index contributed by atoms with van der Waals surface area (Å²) in [5, 5.41) is 29.0. The fourth-order valence-corrected chi connectivity index (χ4v) is 8.02. The van der Waals surface area contributed by atoms with Gasteiger partial charge in [-0.2, -0.15) is 0 Å². The highest BCUT2D eigenvalue weighted by Crippen LogP contribution is 2.22. The van der Waals surface area contributed by atoms with Crippen LogP contribution in [0.25, 0.3) is 0 Å². The third kappa shape index (κ3) is 23.0. The first-order chi connectivity index (χ1) is 32.7. The molecular weight excluding hydrogens is 917 g/mol. The zero-order valence-corrected chi connectivity index (χ0v) is 46.0. The minimum absolute atomic E-state index is 0.00690. The highest BCUT2D eigenvalue weighted by molar-refractivity contribution is 5.98. The summed E-state index contributed by atoms with van der Waals surface area (Å²) in [6.45, 7) is 30.5. The number of aliphatic carboxylic acids is 1. The average Bonchev–Trinajstić information content (AvgIpc) is 3.73. The first-order valence-corrected chi connectivity index (χ1v) is 25.7. The molecule has 0 unspecified atom stereocenters. The van der Waals surface area contributed by atoms with Crippen molar-refractivity contribution in [2.24, 2.45) is 29.6 Å². The summed E-state index contributed by atoms with van der Waals surface area (Å²) >= 11 is 0. The zero-order chi connectivity index (χ0) is 54.7. The molecule has 0 saturated carbocycles. The lowest BCUT2D eigenvalue weighted by Gasteiger charge is -2.34. The van der Waals surface area contributed by atoms with E-state index < -0.39 is 125 Å². The number of ether oxygens (including phenoxy) is 2. The van der Waals surface area contributed by atoms with Gasteiger partial charge in [0.15, 0.2) is 0 Å². The fourth-order valence-electron chi connectivity index (χ4n) is 8.02. The number of likely N-dealkylation sites (tertiary alicyclic amines) is 1. The quantitative estimate of drug-likeness (QED) is 0.0509. The predicted octanol–water partition coefficient (Wildman–Crippen LogP) is 4.32. The molecule has 0 bridgehead atoms. The maximum atomic E-state index is 14.5. The van der Waals surface area contributed by atoms with E-state index in [9.17, 15) is 48.3 Å². The van der Waals surface area contributed by atoms with Crippen LogP contribution in [0.4, 0.5) is 4.79 Å². The first-order valence-electron chi connectivity index (χ1n) is 25.7. The molecule has 0 aromatic rings. The Morgan fingerprint density at radius 2 is 1.13 bits per heavy atom. The summed E-state index contributed by atoms with van der Waals surface area (Å²) in [7, 11) is 0. The van der Waals surface area contributed by atoms with E-state index in [4.69, 9.17) is 9.47 Å². The molecule has 1 fully saturated rings. The van der Waals surface area contributed by atoms with Crippen LogP contribution in [0.2, 0.25) is 0 Å². The normalized spacial score (nSPS) is 17.5. The molecule has 1 saturated heterocycles. The molecule has 20 heteroatoms. The molecular formula is C51H92N8O12. The zero-order valence-electron chi connectivity index (χ0n) is 46.0. The van der Waals surface area contributed by atoms with E-state index in [1.165, 1.54) is 4.90 Å². The smallest absolute Gasteiger partial charge is 0.407 e. The number of alkyl carbamates (subject to hydrolysis) is 1. The van der Waals surface area contributed by atoms with Gasteiger partial charge in [0.25, 0.3) is 0 Å². The van der Waals surface area contributed by atoms with E-state index in [0.29, 0.717) is 25.2 Å². The number of amides is 8. The Balaban J connectivity index is 3.40. The van der Waals surface area contributed by atoms with Crippen molar-refractivity contribution >= 4 is 53.4 Å². The van der Waals surface area contributed by atoms with Gasteiger partial charge in [-0.05, 0) is 110 Å². The number of carboxylic acids is 1. The second kappa shape index (κ2) is 29.5. The Kier molecular flexibility index (Phi) is 26.6. The maximum Gasteiger partial charge on any atom is 0.407 e. The monoisotopic (exact) mass is 1010 g/mol. The summed E-state index contributed by atoms with van der Waals surface area (Å²) in [5.74, 6) is -6.85. The molecule has 1 aliphatic heterocycles. The van der Waals surface area contributed by atoms with Gasteiger partial charge in [0.2, 0.25) is 41.4 Å². The van der Waals surface area contributed by atoms with Crippen LogP contribution >= 0.6 is 0 Å². The Bertz CT molecular complexity index is 1790. The van der Waals surface area contributed by atoms with Crippen molar-refractivity contribution in [3.05, 3.63) is 0 Å². The van der Waals surface area contributed by atoms with Crippen LogP contribution in [0.5, 0.6) is 0 Å². The predicted molar refractivity (Wildman–Crippen MR) is 270 cm³/mol. The van der Waals surface area contributed by atoms with Crippen molar-refractivity contribution in [2.75, 3.05) is 13.1 Å². The number of carbonyl (C=O) groups excluding carboxylic acids is 8. The van der Waals surface area contributed by atoms with Crippen molar-refractivity contribution < 1.29 is 57.7 Å². The Morgan fingerprint density at radius 3 is 1.62 bits per heavy atom. The molecule has 1 heterocycles. The number of hydrogen-bond donors (Lipinski definition) is 8. The summed E-state index contributed by atoms with van der Waals surface area (Å²) < 4.78 is 11.4. The lowest BCUT2D eigenvalue weighted by Crippen LogP contribution is -2.63. The molecule has 9 atom stereocenters. The molecule has 408 valence electrons. The molecule has 0 aromatic heterocycles. The maximum absolute atomic E-state index is 14.5. The van der Waals surface area contributed by atoms with Crippen LogP contribution in [-0.2, 0) is 47.8 Å². The van der Waals surface area contributed by atoms with E-state index in [1.807, 2.05) is 0 Å². The van der Waals surface area contributed by atoms with Crippen molar-refractivity contribution in [2.45, 2.75) is 229 Å². The van der Waals surface area contributed by atoms with Crippen LogP contribution < -0.4 is 37.2 Å². The van der Waals surface area contributed by atoms with Crippen LogP contribution in [0, 0.1) is 29.6 Å². The molecule has 8 amide bonds. The van der Waals surface area contributed by atoms with Crippen LogP contribution in [0.15, 0.2) is 0 Å². The number of nitrogens with zero attached hydrogens (tertiary/aromatic N) is 1. The highest BCUT2D eigenvalue weighted by Gasteiger charge is 2.42. The van der Waals surface area contributed by atoms with Gasteiger partial charge in [-0.1, -0.05) is 82.1 Å². The molecule has 8 N–H and O–H groups in total. The molecule has 0 aliphatic carbocycles. The van der Waals surface area contributed by atoms with E-state index in [0.717, 1.165) is 6.42 Å². The molecule has 20 nitrogen and oxygen atoms in total. The van der Waals surface area contributed by atoms with E-state index >= 15 is 0 Å². The topological polar surface area (TPSA) is 280 Å². The van der Waals surface area contributed by atoms with Gasteiger partial charge in [-0.3, -0.25) is 33.6 Å². The second-order valence-electron chi connectivity index (χ2n) is 22.5. The van der Waals surface area contributed by atoms with Crippen molar-refractivity contribution in [1.29, 1.82) is 0 Å². The van der Waals surface area contributed by atoms with Gasteiger partial charge in [-0.15, -0.1) is 0 Å². The van der Waals surface area contributed by atoms with Gasteiger partial charge >= 0.3 is 12.1 Å². The summed E-state index contributed by atoms with van der Waals surface area (Å²) in [5.41, 5.74) is -1.48. The third-order valence-corrected chi connectivity index (χ3v) is 12.1. The van der Waals surface area contributed by atoms with Gasteiger partial charge in [-0.25, -0.2) is 9.59 Å². The summed E-state index contributed by atoms with van der Waals surface area (Å²) in [4.78, 5) is 123. The number of carbonyl (C=O) groups is 9. The van der Waals surface area contributed by atoms with E-state index in [2.05, 4.69) is 51.1 Å². The Labute approximate surface area is 423 Å². The van der Waals surface area contributed by atoms with Gasteiger partial charge in [0, 0.05) is 19.5 Å². The van der Waals surface area contributed by atoms with Crippen LogP contribution in [0.1, 0.15) is 169 Å². The largest absolute Gasteiger partial charge is 0.480 e. The third-order valence-electron chi connectivity index (χ3n) is 12.1. The van der Waals surface area contributed by atoms with Crippen LogP contribution in [-0.4, -0.2) is 136 Å². The van der Waals surface area contributed by atoms with Gasteiger partial charge < -0.3 is 56.7 Å². The molecule has 71 heavy (non-hydrogen) atoms. The molecule has 1 aliphatic rings. The van der Waals surface area contributed by atoms with Crippen LogP contribution in [0.3, 0.4) is 0 Å². The number of carboxylic acid groups (broad SMARTS) is 1. The first kappa shape index (κ1) is 64.0. The molecule has 0 aromatic carbocycles. The fraction of sp³-hybridized carbons (Fsp3) is 0.824. The molecule has 1 rings (SSSR count). The second-order valence-corrected chi connectivity index (χ2v) is 22.5. The number of hydrogen-bond acceptors (Lipinski definition) is 11. The highest BCUT2D eigenvalue weighted by atomic mass is 16.6. The van der Waals surface area contributed by atoms with E-state index in [1.54, 1.807) is 104 Å². The lowest BCUT2D eigenvalue weighted by molar-refractivity contribution is -0.145. The van der Waals surface area contributed by atoms with E-state index in [-0.39, 0.29) is 50.6 Å². The Morgan fingerprint density at radius 1 is 0.620 bits per heavy atom. The summed E-state index contributed by atoms with van der Waals surface area (Å²) in [6.07, 6.45) is 1.51. The van der Waals surface area contributed by atoms with Crippen molar-refractivity contribution in [1.82, 2.24) is 42.1 Å². The number of rotatable bonds is 28.